The number of hydrogen-bond donors (Lipinski definition) is 3. The molecule has 3 N–H and O–H groups in total. The number of anilines is 2. The van der Waals surface area contributed by atoms with Crippen LogP contribution in [0.4, 0.5) is 26.2 Å². The number of rotatable bonds is 13. The third-order valence-electron chi connectivity index (χ3n) is 11.1. The molecule has 61 heavy (non-hydrogen) atoms. The van der Waals surface area contributed by atoms with Crippen LogP contribution in [0.15, 0.2) is 59.9 Å². The molecule has 316 valence electrons. The van der Waals surface area contributed by atoms with Crippen LogP contribution in [0.3, 0.4) is 0 Å². The molecule has 2 unspecified atom stereocenters. The number of aliphatic imine (C=N–C) groups is 1. The molecule has 2 fully saturated rings. The number of carbonyl (C=O) groups excluding carboxylic acids is 5. The van der Waals surface area contributed by atoms with Crippen LogP contribution in [-0.2, 0) is 20.9 Å². The highest BCUT2D eigenvalue weighted by atomic mass is 19.1. The molecule has 8 rings (SSSR count). The second-order valence-corrected chi connectivity index (χ2v) is 15.5. The summed E-state index contributed by atoms with van der Waals surface area (Å²) in [6.45, 7) is 6.31. The SMILES string of the molecule is CC1=Nc2c(F)cc(-c3nc(Nc4ccc(CN5CCN(CCNC(=O)COc6cccc7c6C(=O)N(C6CCC(=O)NC6=O)C7=O)CC5)cn4)ncc3F)cc2C1N(C)C. The molecule has 4 aromatic rings. The van der Waals surface area contributed by atoms with E-state index < -0.39 is 47.2 Å². The summed E-state index contributed by atoms with van der Waals surface area (Å²) in [6, 6.07) is 9.84. The van der Waals surface area contributed by atoms with Crippen molar-refractivity contribution >= 4 is 52.7 Å². The third-order valence-corrected chi connectivity index (χ3v) is 11.1. The number of piperidine rings is 1. The topological polar surface area (TPSA) is 195 Å². The molecular weight excluding hydrogens is 793 g/mol. The number of amides is 5. The van der Waals surface area contributed by atoms with Gasteiger partial charge in [0.1, 0.15) is 34.8 Å². The van der Waals surface area contributed by atoms with Crippen molar-refractivity contribution < 1.29 is 37.5 Å². The van der Waals surface area contributed by atoms with Gasteiger partial charge in [-0.1, -0.05) is 12.1 Å². The summed E-state index contributed by atoms with van der Waals surface area (Å²) < 4.78 is 35.8. The molecule has 6 heterocycles. The Bertz CT molecular complexity index is 2460. The van der Waals surface area contributed by atoms with Crippen molar-refractivity contribution in [2.75, 3.05) is 65.3 Å². The highest BCUT2D eigenvalue weighted by molar-refractivity contribution is 6.24. The number of piperazine rings is 1. The quantitative estimate of drug-likeness (QED) is 0.167. The first-order valence-electron chi connectivity index (χ1n) is 19.8. The Kier molecular flexibility index (Phi) is 11.6. The maximum absolute atomic E-state index is 15.1. The number of benzene rings is 2. The van der Waals surface area contributed by atoms with Crippen LogP contribution >= 0.6 is 0 Å². The summed E-state index contributed by atoms with van der Waals surface area (Å²) in [6.07, 6.45) is 2.84. The number of aromatic nitrogens is 3. The molecule has 2 aromatic heterocycles. The number of nitrogens with one attached hydrogen (secondary N) is 3. The van der Waals surface area contributed by atoms with Gasteiger partial charge in [0.05, 0.1) is 23.4 Å². The van der Waals surface area contributed by atoms with Crippen molar-refractivity contribution in [3.05, 3.63) is 88.7 Å². The minimum absolute atomic E-state index is 0.00750. The standard InChI is InChI=1S/C42H43F2N11O6/c1-23-38(52(2)3)27-17-25(18-28(43)37(27)48-23)36-29(44)20-47-42(51-36)49-32-9-7-24(19-46-32)21-54-15-13-53(14-16-54)12-11-45-34(57)22-61-31-6-4-5-26-35(31)41(60)55(40(26)59)30-8-10-33(56)50-39(30)58/h4-7,9,17-20,30,38H,8,10-16,21-22H2,1-3H3,(H,45,57)(H,50,56,58)(H,46,47,49,51). The number of hydrogen-bond acceptors (Lipinski definition) is 14. The van der Waals surface area contributed by atoms with E-state index in [9.17, 15) is 24.0 Å². The van der Waals surface area contributed by atoms with E-state index in [-0.39, 0.29) is 65.3 Å². The van der Waals surface area contributed by atoms with Crippen molar-refractivity contribution in [1.82, 2.24) is 45.2 Å². The Morgan fingerprint density at radius 3 is 2.49 bits per heavy atom. The fraction of sp³-hybridized carbons (Fsp3) is 0.357. The van der Waals surface area contributed by atoms with Crippen LogP contribution in [0, 0.1) is 11.6 Å². The van der Waals surface area contributed by atoms with Gasteiger partial charge in [0, 0.05) is 75.3 Å². The Hall–Kier alpha value is -6.57. The lowest BCUT2D eigenvalue weighted by Crippen LogP contribution is -2.54. The van der Waals surface area contributed by atoms with Gasteiger partial charge in [0.25, 0.3) is 17.7 Å². The van der Waals surface area contributed by atoms with Crippen LogP contribution in [0.2, 0.25) is 0 Å². The average molecular weight is 836 g/mol. The fourth-order valence-corrected chi connectivity index (χ4v) is 8.12. The molecule has 2 aromatic carbocycles. The van der Waals surface area contributed by atoms with Gasteiger partial charge in [-0.3, -0.25) is 53.9 Å². The number of nitrogens with zero attached hydrogens (tertiary/aromatic N) is 8. The fourth-order valence-electron chi connectivity index (χ4n) is 8.12. The Morgan fingerprint density at radius 2 is 1.75 bits per heavy atom. The zero-order valence-electron chi connectivity index (χ0n) is 33.7. The number of carbonyl (C=O) groups is 5. The molecule has 0 bridgehead atoms. The predicted octanol–water partition coefficient (Wildman–Crippen LogP) is 2.98. The lowest BCUT2D eigenvalue weighted by molar-refractivity contribution is -0.136. The zero-order valence-corrected chi connectivity index (χ0v) is 33.7. The van der Waals surface area contributed by atoms with Gasteiger partial charge in [-0.05, 0) is 63.3 Å². The van der Waals surface area contributed by atoms with Gasteiger partial charge in [-0.25, -0.2) is 23.7 Å². The molecule has 2 atom stereocenters. The maximum Gasteiger partial charge on any atom is 0.266 e. The normalized spacial score (nSPS) is 19.2. The Morgan fingerprint density at radius 1 is 0.967 bits per heavy atom. The van der Waals surface area contributed by atoms with Crippen molar-refractivity contribution in [3.8, 4) is 17.0 Å². The first kappa shape index (κ1) is 41.2. The molecule has 17 nitrogen and oxygen atoms in total. The monoisotopic (exact) mass is 835 g/mol. The number of halogens is 2. The van der Waals surface area contributed by atoms with E-state index in [4.69, 9.17) is 4.74 Å². The summed E-state index contributed by atoms with van der Waals surface area (Å²) in [7, 11) is 3.76. The van der Waals surface area contributed by atoms with E-state index in [2.05, 4.69) is 45.7 Å². The third kappa shape index (κ3) is 8.57. The largest absolute Gasteiger partial charge is 0.483 e. The van der Waals surface area contributed by atoms with E-state index in [1.165, 1.54) is 24.3 Å². The first-order chi connectivity index (χ1) is 29.3. The van der Waals surface area contributed by atoms with E-state index in [1.54, 1.807) is 18.3 Å². The summed E-state index contributed by atoms with van der Waals surface area (Å²) in [5.41, 5.74) is 2.94. The predicted molar refractivity (Wildman–Crippen MR) is 217 cm³/mol. The molecule has 0 aliphatic carbocycles. The van der Waals surface area contributed by atoms with E-state index in [1.807, 2.05) is 32.0 Å². The van der Waals surface area contributed by atoms with Crippen LogP contribution in [0.25, 0.3) is 11.3 Å². The molecule has 0 radical (unpaired) electrons. The molecule has 4 aliphatic heterocycles. The lowest BCUT2D eigenvalue weighted by atomic mass is 9.99. The van der Waals surface area contributed by atoms with Crippen molar-refractivity contribution in [3.63, 3.8) is 0 Å². The number of imide groups is 2. The van der Waals surface area contributed by atoms with Gasteiger partial charge in [0.15, 0.2) is 12.4 Å². The molecule has 0 spiro atoms. The highest BCUT2D eigenvalue weighted by Crippen LogP contribution is 2.41. The number of pyridine rings is 1. The van der Waals surface area contributed by atoms with Crippen LogP contribution in [0.1, 0.15) is 57.7 Å². The second-order valence-electron chi connectivity index (χ2n) is 15.5. The molecule has 2 saturated heterocycles. The minimum Gasteiger partial charge on any atom is -0.483 e. The van der Waals surface area contributed by atoms with Gasteiger partial charge in [0.2, 0.25) is 17.8 Å². The summed E-state index contributed by atoms with van der Waals surface area (Å²) in [5.74, 6) is -3.53. The smallest absolute Gasteiger partial charge is 0.266 e. The highest BCUT2D eigenvalue weighted by Gasteiger charge is 2.46. The van der Waals surface area contributed by atoms with Gasteiger partial charge >= 0.3 is 0 Å². The second kappa shape index (κ2) is 17.2. The molecule has 4 aliphatic rings. The molecular formula is C42H43F2N11O6. The zero-order chi connectivity index (χ0) is 42.9. The minimum atomic E-state index is -1.10. The van der Waals surface area contributed by atoms with Gasteiger partial charge in [-0.2, -0.15) is 0 Å². The van der Waals surface area contributed by atoms with Crippen LogP contribution in [-0.4, -0.2) is 136 Å². The van der Waals surface area contributed by atoms with Crippen molar-refractivity contribution in [1.29, 1.82) is 0 Å². The van der Waals surface area contributed by atoms with Crippen molar-refractivity contribution in [2.24, 2.45) is 4.99 Å². The van der Waals surface area contributed by atoms with Crippen LogP contribution in [0.5, 0.6) is 5.75 Å². The summed E-state index contributed by atoms with van der Waals surface area (Å²) in [5, 5.41) is 8.02. The first-order valence-corrected chi connectivity index (χ1v) is 19.8. The van der Waals surface area contributed by atoms with Crippen molar-refractivity contribution in [2.45, 2.75) is 38.4 Å². The van der Waals surface area contributed by atoms with E-state index in [0.717, 1.165) is 48.6 Å². The van der Waals surface area contributed by atoms with Gasteiger partial charge in [-0.15, -0.1) is 0 Å². The van der Waals surface area contributed by atoms with E-state index in [0.29, 0.717) is 31.0 Å². The number of ether oxygens (including phenoxy) is 1. The Labute approximate surface area is 349 Å². The van der Waals surface area contributed by atoms with Crippen LogP contribution < -0.4 is 20.7 Å². The lowest BCUT2D eigenvalue weighted by Gasteiger charge is -2.34. The van der Waals surface area contributed by atoms with E-state index >= 15 is 8.78 Å². The maximum atomic E-state index is 15.1. The Balaban J connectivity index is 0.775. The summed E-state index contributed by atoms with van der Waals surface area (Å²) in [4.78, 5) is 87.7. The average Bonchev–Trinajstić information content (AvgIpc) is 3.71. The molecule has 5 amide bonds. The molecule has 0 saturated carbocycles. The van der Waals surface area contributed by atoms with Gasteiger partial charge < -0.3 is 15.4 Å². The molecule has 19 heteroatoms. The number of fused-ring (bicyclic) bond motifs is 2. The summed E-state index contributed by atoms with van der Waals surface area (Å²) >= 11 is 0.